The standard InChI is InChI=1S/C16H24N2O/c1-16(2,17)10-15(19)18(3)11-12-7-8-13-5-4-6-14(13)9-12/h7-9H,4-6,10-11,17H2,1-3H3. The predicted octanol–water partition coefficient (Wildman–Crippen LogP) is 2.26. The van der Waals surface area contributed by atoms with Gasteiger partial charge in [-0.2, -0.15) is 0 Å². The first-order chi connectivity index (χ1) is 8.85. The fourth-order valence-electron chi connectivity index (χ4n) is 2.61. The van der Waals surface area contributed by atoms with Gasteiger partial charge in [-0.3, -0.25) is 4.79 Å². The molecule has 0 aliphatic heterocycles. The molecule has 1 aliphatic carbocycles. The monoisotopic (exact) mass is 260 g/mol. The van der Waals surface area contributed by atoms with Crippen LogP contribution in [0, 0.1) is 0 Å². The molecule has 104 valence electrons. The van der Waals surface area contributed by atoms with Gasteiger partial charge in [-0.15, -0.1) is 0 Å². The first kappa shape index (κ1) is 14.1. The topological polar surface area (TPSA) is 46.3 Å². The normalized spacial score (nSPS) is 14.3. The van der Waals surface area contributed by atoms with Crippen molar-refractivity contribution in [1.29, 1.82) is 0 Å². The van der Waals surface area contributed by atoms with Crippen molar-refractivity contribution in [3.63, 3.8) is 0 Å². The van der Waals surface area contributed by atoms with Gasteiger partial charge in [0.05, 0.1) is 0 Å². The number of rotatable bonds is 4. The molecule has 1 amide bonds. The molecule has 3 nitrogen and oxygen atoms in total. The zero-order valence-electron chi connectivity index (χ0n) is 12.2. The fraction of sp³-hybridized carbons (Fsp3) is 0.562. The van der Waals surface area contributed by atoms with Gasteiger partial charge in [0.25, 0.3) is 0 Å². The second kappa shape index (κ2) is 5.33. The Bertz CT molecular complexity index is 474. The zero-order valence-corrected chi connectivity index (χ0v) is 12.2. The summed E-state index contributed by atoms with van der Waals surface area (Å²) in [6.07, 6.45) is 4.02. The van der Waals surface area contributed by atoms with Crippen molar-refractivity contribution in [3.8, 4) is 0 Å². The van der Waals surface area contributed by atoms with Crippen molar-refractivity contribution in [3.05, 3.63) is 34.9 Å². The Hall–Kier alpha value is -1.35. The van der Waals surface area contributed by atoms with E-state index >= 15 is 0 Å². The molecule has 19 heavy (non-hydrogen) atoms. The van der Waals surface area contributed by atoms with E-state index < -0.39 is 5.54 Å². The van der Waals surface area contributed by atoms with Crippen molar-refractivity contribution in [2.75, 3.05) is 7.05 Å². The number of nitrogens with two attached hydrogens (primary N) is 1. The molecule has 0 unspecified atom stereocenters. The summed E-state index contributed by atoms with van der Waals surface area (Å²) in [6.45, 7) is 4.43. The number of hydrogen-bond donors (Lipinski definition) is 1. The van der Waals surface area contributed by atoms with Crippen LogP contribution in [-0.2, 0) is 24.2 Å². The maximum Gasteiger partial charge on any atom is 0.224 e. The minimum atomic E-state index is -0.441. The molecule has 2 rings (SSSR count). The van der Waals surface area contributed by atoms with E-state index in [0.717, 1.165) is 0 Å². The number of carbonyl (C=O) groups excluding carboxylic acids is 1. The van der Waals surface area contributed by atoms with E-state index in [0.29, 0.717) is 13.0 Å². The van der Waals surface area contributed by atoms with Gasteiger partial charge in [-0.05, 0) is 49.8 Å². The van der Waals surface area contributed by atoms with Crippen molar-refractivity contribution in [2.45, 2.75) is 51.6 Å². The highest BCUT2D eigenvalue weighted by atomic mass is 16.2. The van der Waals surface area contributed by atoms with Gasteiger partial charge >= 0.3 is 0 Å². The van der Waals surface area contributed by atoms with E-state index in [9.17, 15) is 4.79 Å². The predicted molar refractivity (Wildman–Crippen MR) is 77.8 cm³/mol. The summed E-state index contributed by atoms with van der Waals surface area (Å²) >= 11 is 0. The Morgan fingerprint density at radius 3 is 2.68 bits per heavy atom. The first-order valence-electron chi connectivity index (χ1n) is 6.99. The molecule has 1 aromatic carbocycles. The lowest BCUT2D eigenvalue weighted by Gasteiger charge is -2.23. The lowest BCUT2D eigenvalue weighted by Crippen LogP contribution is -2.39. The fourth-order valence-corrected chi connectivity index (χ4v) is 2.61. The lowest BCUT2D eigenvalue weighted by molar-refractivity contribution is -0.131. The van der Waals surface area contributed by atoms with E-state index in [4.69, 9.17) is 5.73 Å². The summed E-state index contributed by atoms with van der Waals surface area (Å²) in [7, 11) is 1.85. The van der Waals surface area contributed by atoms with Crippen LogP contribution in [0.25, 0.3) is 0 Å². The largest absolute Gasteiger partial charge is 0.341 e. The van der Waals surface area contributed by atoms with Gasteiger partial charge in [0.15, 0.2) is 0 Å². The number of amides is 1. The summed E-state index contributed by atoms with van der Waals surface area (Å²) in [5, 5.41) is 0. The van der Waals surface area contributed by atoms with Crippen molar-refractivity contribution < 1.29 is 4.79 Å². The van der Waals surface area contributed by atoms with Crippen molar-refractivity contribution >= 4 is 5.91 Å². The Balaban J connectivity index is 1.99. The number of nitrogens with zero attached hydrogens (tertiary/aromatic N) is 1. The molecule has 1 aromatic rings. The first-order valence-corrected chi connectivity index (χ1v) is 6.99. The maximum atomic E-state index is 12.0. The molecule has 3 heteroatoms. The van der Waals surface area contributed by atoms with E-state index in [-0.39, 0.29) is 5.91 Å². The molecule has 2 N–H and O–H groups in total. The lowest BCUT2D eigenvalue weighted by atomic mass is 10.0. The van der Waals surface area contributed by atoms with Gasteiger partial charge in [-0.1, -0.05) is 18.2 Å². The van der Waals surface area contributed by atoms with Gasteiger partial charge < -0.3 is 10.6 Å². The molecule has 0 saturated heterocycles. The summed E-state index contributed by atoms with van der Waals surface area (Å²) in [5.74, 6) is 0.105. The molecule has 0 bridgehead atoms. The van der Waals surface area contributed by atoms with Crippen LogP contribution in [0.4, 0.5) is 0 Å². The van der Waals surface area contributed by atoms with E-state index in [1.807, 2.05) is 20.9 Å². The van der Waals surface area contributed by atoms with E-state index in [2.05, 4.69) is 18.2 Å². The molecule has 0 radical (unpaired) electrons. The molecule has 0 atom stereocenters. The Labute approximate surface area is 115 Å². The zero-order chi connectivity index (χ0) is 14.0. The van der Waals surface area contributed by atoms with Crippen LogP contribution in [0.1, 0.15) is 43.4 Å². The molecular weight excluding hydrogens is 236 g/mol. The average molecular weight is 260 g/mol. The van der Waals surface area contributed by atoms with Gasteiger partial charge in [0, 0.05) is 25.6 Å². The summed E-state index contributed by atoms with van der Waals surface area (Å²) < 4.78 is 0. The summed E-state index contributed by atoms with van der Waals surface area (Å²) in [4.78, 5) is 13.8. The highest BCUT2D eigenvalue weighted by molar-refractivity contribution is 5.77. The second-order valence-corrected chi connectivity index (χ2v) is 6.37. The third-order valence-electron chi connectivity index (χ3n) is 3.62. The van der Waals surface area contributed by atoms with Crippen LogP contribution in [0.3, 0.4) is 0 Å². The van der Waals surface area contributed by atoms with Gasteiger partial charge in [0.2, 0.25) is 5.91 Å². The van der Waals surface area contributed by atoms with Crippen LogP contribution in [0.2, 0.25) is 0 Å². The van der Waals surface area contributed by atoms with Crippen molar-refractivity contribution in [1.82, 2.24) is 4.90 Å². The molecule has 0 aromatic heterocycles. The number of fused-ring (bicyclic) bond motifs is 1. The van der Waals surface area contributed by atoms with Crippen LogP contribution < -0.4 is 5.73 Å². The highest BCUT2D eigenvalue weighted by Gasteiger charge is 2.19. The average Bonchev–Trinajstić information content (AvgIpc) is 2.73. The molecule has 0 fully saturated rings. The van der Waals surface area contributed by atoms with Crippen LogP contribution >= 0.6 is 0 Å². The van der Waals surface area contributed by atoms with E-state index in [1.165, 1.54) is 36.0 Å². The molecule has 0 saturated carbocycles. The molecular formula is C16H24N2O. The Morgan fingerprint density at radius 1 is 1.32 bits per heavy atom. The second-order valence-electron chi connectivity index (χ2n) is 6.37. The molecule has 0 spiro atoms. The van der Waals surface area contributed by atoms with Crippen molar-refractivity contribution in [2.24, 2.45) is 5.73 Å². The number of hydrogen-bond acceptors (Lipinski definition) is 2. The minimum Gasteiger partial charge on any atom is -0.341 e. The third-order valence-corrected chi connectivity index (χ3v) is 3.62. The van der Waals surface area contributed by atoms with E-state index in [1.54, 1.807) is 4.90 Å². The van der Waals surface area contributed by atoms with Gasteiger partial charge in [-0.25, -0.2) is 0 Å². The summed E-state index contributed by atoms with van der Waals surface area (Å²) in [6, 6.07) is 6.60. The number of carbonyl (C=O) groups is 1. The number of benzene rings is 1. The Morgan fingerprint density at radius 2 is 2.00 bits per heavy atom. The highest BCUT2D eigenvalue weighted by Crippen LogP contribution is 2.23. The third kappa shape index (κ3) is 3.80. The quantitative estimate of drug-likeness (QED) is 0.902. The SMILES string of the molecule is CN(Cc1ccc2c(c1)CCC2)C(=O)CC(C)(C)N. The maximum absolute atomic E-state index is 12.0. The van der Waals surface area contributed by atoms with Gasteiger partial charge in [0.1, 0.15) is 0 Å². The molecule has 1 aliphatic rings. The smallest absolute Gasteiger partial charge is 0.224 e. The minimum absolute atomic E-state index is 0.105. The van der Waals surface area contributed by atoms with Crippen LogP contribution in [-0.4, -0.2) is 23.4 Å². The number of aryl methyl sites for hydroxylation is 2. The summed E-state index contributed by atoms with van der Waals surface area (Å²) in [5.41, 5.74) is 9.60. The molecule has 0 heterocycles. The van der Waals surface area contributed by atoms with Crippen LogP contribution in [0.15, 0.2) is 18.2 Å². The Kier molecular flexibility index (Phi) is 3.95. The van der Waals surface area contributed by atoms with Crippen LogP contribution in [0.5, 0.6) is 0 Å².